The van der Waals surface area contributed by atoms with E-state index in [-0.39, 0.29) is 24.5 Å². The second-order valence-corrected chi connectivity index (χ2v) is 10.4. The Balaban J connectivity index is 1.24. The van der Waals surface area contributed by atoms with Crippen LogP contribution < -0.4 is 14.8 Å². The number of rotatable bonds is 8. The number of ether oxygens (including phenoxy) is 2. The van der Waals surface area contributed by atoms with Crippen LogP contribution >= 0.6 is 11.3 Å². The number of carbonyl (C=O) groups is 2. The van der Waals surface area contributed by atoms with Crippen LogP contribution in [0, 0.1) is 25.7 Å². The van der Waals surface area contributed by atoms with Crippen LogP contribution in [0.3, 0.4) is 0 Å². The van der Waals surface area contributed by atoms with Crippen molar-refractivity contribution in [1.82, 2.24) is 15.2 Å². The van der Waals surface area contributed by atoms with Gasteiger partial charge < -0.3 is 19.7 Å². The quantitative estimate of drug-likeness (QED) is 0.513. The molecule has 35 heavy (non-hydrogen) atoms. The second-order valence-electron chi connectivity index (χ2n) is 9.24. The van der Waals surface area contributed by atoms with E-state index < -0.39 is 0 Å². The van der Waals surface area contributed by atoms with Crippen LogP contribution in [0.25, 0.3) is 10.4 Å². The molecule has 0 spiro atoms. The minimum absolute atomic E-state index is 0.0272. The van der Waals surface area contributed by atoms with Crippen molar-refractivity contribution in [2.75, 3.05) is 26.8 Å². The van der Waals surface area contributed by atoms with Crippen molar-refractivity contribution in [2.24, 2.45) is 11.8 Å². The molecule has 1 saturated carbocycles. The minimum atomic E-state index is -0.214. The Bertz CT molecular complexity index is 1260. The standard InChI is InChI=1S/C27H29N3O4S/c1-16-6-4-7-18(10-16)26-25(29-17(2)35-26)27(32)30-14-19-11-22(19)23(30)13-28-24(31)15-34-21-9-5-8-20(12-21)33-3/h4-10,12,19,22-23H,11,13-15H2,1-3H3,(H,28,31). The van der Waals surface area contributed by atoms with Crippen LogP contribution in [0.2, 0.25) is 0 Å². The number of amides is 2. The third kappa shape index (κ3) is 5.03. The van der Waals surface area contributed by atoms with E-state index in [0.29, 0.717) is 42.1 Å². The van der Waals surface area contributed by atoms with Gasteiger partial charge in [-0.15, -0.1) is 11.3 Å². The first-order valence-corrected chi connectivity index (χ1v) is 12.6. The van der Waals surface area contributed by atoms with Gasteiger partial charge in [0.05, 0.1) is 23.0 Å². The van der Waals surface area contributed by atoms with Crippen LogP contribution in [0.15, 0.2) is 48.5 Å². The lowest BCUT2D eigenvalue weighted by molar-refractivity contribution is -0.123. The number of fused-ring (bicyclic) bond motifs is 1. The van der Waals surface area contributed by atoms with E-state index >= 15 is 0 Å². The number of likely N-dealkylation sites (tertiary alicyclic amines) is 1. The average molecular weight is 492 g/mol. The Morgan fingerprint density at radius 2 is 1.94 bits per heavy atom. The van der Waals surface area contributed by atoms with Gasteiger partial charge >= 0.3 is 0 Å². The third-order valence-electron chi connectivity index (χ3n) is 6.70. The predicted molar refractivity (Wildman–Crippen MR) is 135 cm³/mol. The summed E-state index contributed by atoms with van der Waals surface area (Å²) in [4.78, 5) is 33.6. The molecule has 7 nitrogen and oxygen atoms in total. The number of methoxy groups -OCH3 is 1. The van der Waals surface area contributed by atoms with Crippen LogP contribution in [0.4, 0.5) is 0 Å². The third-order valence-corrected chi connectivity index (χ3v) is 7.72. The van der Waals surface area contributed by atoms with Crippen LogP contribution in [0.5, 0.6) is 11.5 Å². The monoisotopic (exact) mass is 491 g/mol. The van der Waals surface area contributed by atoms with Crippen molar-refractivity contribution < 1.29 is 19.1 Å². The maximum absolute atomic E-state index is 13.7. The fraction of sp³-hybridized carbons (Fsp3) is 0.370. The van der Waals surface area contributed by atoms with E-state index in [1.54, 1.807) is 30.6 Å². The number of hydrogen-bond acceptors (Lipinski definition) is 6. The summed E-state index contributed by atoms with van der Waals surface area (Å²) >= 11 is 1.55. The summed E-state index contributed by atoms with van der Waals surface area (Å²) in [7, 11) is 1.59. The van der Waals surface area contributed by atoms with Crippen molar-refractivity contribution in [3.05, 3.63) is 64.8 Å². The molecule has 1 aliphatic heterocycles. The highest BCUT2D eigenvalue weighted by Crippen LogP contribution is 2.50. The maximum Gasteiger partial charge on any atom is 0.274 e. The molecule has 3 atom stereocenters. The molecule has 2 amide bonds. The summed E-state index contributed by atoms with van der Waals surface area (Å²) in [6.07, 6.45) is 1.10. The van der Waals surface area contributed by atoms with Crippen molar-refractivity contribution >= 4 is 23.2 Å². The number of carbonyl (C=O) groups excluding carboxylic acids is 2. The van der Waals surface area contributed by atoms with Gasteiger partial charge in [-0.1, -0.05) is 35.9 Å². The summed E-state index contributed by atoms with van der Waals surface area (Å²) in [6, 6.07) is 15.3. The molecule has 1 saturated heterocycles. The molecule has 3 aromatic rings. The van der Waals surface area contributed by atoms with Gasteiger partial charge in [-0.2, -0.15) is 0 Å². The SMILES string of the molecule is COc1cccc(OCC(=O)NCC2C3CC3CN2C(=O)c2nc(C)sc2-c2cccc(C)c2)c1. The van der Waals surface area contributed by atoms with E-state index in [1.165, 1.54) is 0 Å². The normalized spacial score (nSPS) is 20.3. The largest absolute Gasteiger partial charge is 0.497 e. The number of hydrogen-bond donors (Lipinski definition) is 1. The van der Waals surface area contributed by atoms with Crippen LogP contribution in [0.1, 0.15) is 27.5 Å². The molecular weight excluding hydrogens is 462 g/mol. The molecule has 0 radical (unpaired) electrons. The van der Waals surface area contributed by atoms with Crippen molar-refractivity contribution in [3.63, 3.8) is 0 Å². The number of thiazole rings is 1. The Hall–Kier alpha value is -3.39. The molecule has 2 fully saturated rings. The van der Waals surface area contributed by atoms with E-state index in [1.807, 2.05) is 49.1 Å². The second kappa shape index (κ2) is 9.70. The van der Waals surface area contributed by atoms with Crippen molar-refractivity contribution in [1.29, 1.82) is 0 Å². The van der Waals surface area contributed by atoms with Gasteiger partial charge in [-0.05, 0) is 49.8 Å². The molecular formula is C27H29N3O4S. The molecule has 2 aromatic carbocycles. The van der Waals surface area contributed by atoms with Gasteiger partial charge in [0.1, 0.15) is 17.2 Å². The summed E-state index contributed by atoms with van der Waals surface area (Å²) in [5, 5.41) is 3.84. The van der Waals surface area contributed by atoms with Crippen LogP contribution in [-0.4, -0.2) is 54.5 Å². The number of benzene rings is 2. The maximum atomic E-state index is 13.7. The minimum Gasteiger partial charge on any atom is -0.497 e. The molecule has 2 heterocycles. The van der Waals surface area contributed by atoms with E-state index in [2.05, 4.69) is 16.4 Å². The number of piperidine rings is 1. The molecule has 0 bridgehead atoms. The summed E-state index contributed by atoms with van der Waals surface area (Å²) < 4.78 is 10.8. The molecule has 8 heteroatoms. The molecule has 1 aliphatic carbocycles. The van der Waals surface area contributed by atoms with Gasteiger partial charge in [-0.25, -0.2) is 4.98 Å². The van der Waals surface area contributed by atoms with Gasteiger partial charge in [0.25, 0.3) is 11.8 Å². The van der Waals surface area contributed by atoms with Gasteiger partial charge in [-0.3, -0.25) is 9.59 Å². The number of aromatic nitrogens is 1. The Morgan fingerprint density at radius 3 is 2.74 bits per heavy atom. The summed E-state index contributed by atoms with van der Waals surface area (Å²) in [5.41, 5.74) is 2.67. The number of aryl methyl sites for hydroxylation is 2. The van der Waals surface area contributed by atoms with Gasteiger partial charge in [0, 0.05) is 19.2 Å². The first kappa shape index (κ1) is 23.4. The van der Waals surface area contributed by atoms with E-state index in [9.17, 15) is 9.59 Å². The molecule has 182 valence electrons. The highest BCUT2D eigenvalue weighted by atomic mass is 32.1. The first-order chi connectivity index (χ1) is 16.9. The zero-order chi connectivity index (χ0) is 24.5. The zero-order valence-corrected chi connectivity index (χ0v) is 20.9. The molecule has 2 aliphatic rings. The Morgan fingerprint density at radius 1 is 1.14 bits per heavy atom. The highest BCUT2D eigenvalue weighted by Gasteiger charge is 2.54. The predicted octanol–water partition coefficient (Wildman–Crippen LogP) is 4.09. The summed E-state index contributed by atoms with van der Waals surface area (Å²) in [5.74, 6) is 1.92. The van der Waals surface area contributed by atoms with Gasteiger partial charge in [0.15, 0.2) is 6.61 Å². The fourth-order valence-corrected chi connectivity index (χ4v) is 5.77. The number of nitrogens with one attached hydrogen (secondary N) is 1. The van der Waals surface area contributed by atoms with E-state index in [4.69, 9.17) is 9.47 Å². The fourth-order valence-electron chi connectivity index (χ4n) is 4.87. The first-order valence-electron chi connectivity index (χ1n) is 11.8. The smallest absolute Gasteiger partial charge is 0.274 e. The molecule has 1 aromatic heterocycles. The van der Waals surface area contributed by atoms with Gasteiger partial charge in [0.2, 0.25) is 0 Å². The van der Waals surface area contributed by atoms with Crippen molar-refractivity contribution in [2.45, 2.75) is 26.3 Å². The number of nitrogens with zero attached hydrogens (tertiary/aromatic N) is 2. The van der Waals surface area contributed by atoms with Crippen molar-refractivity contribution in [3.8, 4) is 21.9 Å². The molecule has 5 rings (SSSR count). The van der Waals surface area contributed by atoms with Crippen LogP contribution in [-0.2, 0) is 4.79 Å². The Labute approximate surface area is 209 Å². The van der Waals surface area contributed by atoms with E-state index in [0.717, 1.165) is 27.4 Å². The zero-order valence-electron chi connectivity index (χ0n) is 20.1. The molecule has 1 N–H and O–H groups in total. The topological polar surface area (TPSA) is 80.8 Å². The lowest BCUT2D eigenvalue weighted by Crippen LogP contribution is -2.46. The lowest BCUT2D eigenvalue weighted by atomic mass is 10.1. The summed E-state index contributed by atoms with van der Waals surface area (Å²) in [6.45, 7) is 5.01. The highest BCUT2D eigenvalue weighted by molar-refractivity contribution is 7.15. The average Bonchev–Trinajstić information content (AvgIpc) is 3.37. The lowest BCUT2D eigenvalue weighted by Gasteiger charge is -2.27. The Kier molecular flexibility index (Phi) is 6.47. The molecule has 3 unspecified atom stereocenters.